The summed E-state index contributed by atoms with van der Waals surface area (Å²) in [7, 11) is 0. The standard InChI is InChI=1S/C9H2F7/c1-2-9(15,16)3-4(10)6(12)8(14)7(13)5(3)11/h1H2. The fourth-order valence-electron chi connectivity index (χ4n) is 0.969. The van der Waals surface area contributed by atoms with Crippen molar-refractivity contribution in [2.45, 2.75) is 5.92 Å². The molecule has 1 aromatic rings. The maximum atomic E-state index is 12.8. The Labute approximate surface area is 85.0 Å². The predicted molar refractivity (Wildman–Crippen MR) is 39.0 cm³/mol. The Bertz CT molecular complexity index is 421. The molecule has 0 aliphatic carbocycles. The third-order valence-electron chi connectivity index (χ3n) is 1.75. The van der Waals surface area contributed by atoms with Crippen molar-refractivity contribution in [2.24, 2.45) is 0 Å². The molecule has 1 aromatic carbocycles. The minimum Gasteiger partial charge on any atom is -0.203 e. The molecule has 0 unspecified atom stereocenters. The summed E-state index contributed by atoms with van der Waals surface area (Å²) in [5, 5.41) is 0. The minimum atomic E-state index is -4.47. The zero-order valence-corrected chi connectivity index (χ0v) is 7.35. The van der Waals surface area contributed by atoms with E-state index in [-0.39, 0.29) is 0 Å². The number of allylic oxidation sites excluding steroid dienone is 1. The molecule has 0 spiro atoms. The summed E-state index contributed by atoms with van der Waals surface area (Å²) in [6, 6.07) is 0. The Morgan fingerprint density at radius 3 is 1.38 bits per heavy atom. The van der Waals surface area contributed by atoms with Crippen LogP contribution in [0, 0.1) is 35.2 Å². The SMILES string of the molecule is C=[C]C(F)(F)c1c(F)c(F)c(F)c(F)c1F. The van der Waals surface area contributed by atoms with E-state index in [1.807, 2.05) is 0 Å². The van der Waals surface area contributed by atoms with Gasteiger partial charge >= 0.3 is 5.92 Å². The number of alkyl halides is 2. The summed E-state index contributed by atoms with van der Waals surface area (Å²) in [6.45, 7) is 2.43. The summed E-state index contributed by atoms with van der Waals surface area (Å²) in [4.78, 5) is 0. The maximum Gasteiger partial charge on any atom is 0.304 e. The van der Waals surface area contributed by atoms with Crippen LogP contribution < -0.4 is 0 Å². The summed E-state index contributed by atoms with van der Waals surface area (Å²) in [5.74, 6) is -17.1. The Morgan fingerprint density at radius 1 is 0.750 bits per heavy atom. The molecule has 0 bridgehead atoms. The van der Waals surface area contributed by atoms with Crippen LogP contribution in [0.25, 0.3) is 0 Å². The first-order valence-electron chi connectivity index (χ1n) is 3.68. The second-order valence-electron chi connectivity index (χ2n) is 2.70. The van der Waals surface area contributed by atoms with E-state index in [1.165, 1.54) is 0 Å². The number of hydrogen-bond acceptors (Lipinski definition) is 0. The van der Waals surface area contributed by atoms with Gasteiger partial charge in [-0.15, -0.1) is 0 Å². The molecule has 1 rings (SSSR count). The number of hydrogen-bond donors (Lipinski definition) is 0. The highest BCUT2D eigenvalue weighted by Crippen LogP contribution is 2.35. The van der Waals surface area contributed by atoms with E-state index in [0.29, 0.717) is 0 Å². The Balaban J connectivity index is 3.71. The van der Waals surface area contributed by atoms with E-state index in [4.69, 9.17) is 0 Å². The van der Waals surface area contributed by atoms with Crippen LogP contribution in [0.1, 0.15) is 5.56 Å². The smallest absolute Gasteiger partial charge is 0.203 e. The van der Waals surface area contributed by atoms with Crippen LogP contribution in [0.2, 0.25) is 0 Å². The first-order valence-corrected chi connectivity index (χ1v) is 3.68. The van der Waals surface area contributed by atoms with Gasteiger partial charge in [0.15, 0.2) is 23.3 Å². The van der Waals surface area contributed by atoms with E-state index in [2.05, 4.69) is 6.58 Å². The molecule has 0 nitrogen and oxygen atoms in total. The molecule has 16 heavy (non-hydrogen) atoms. The monoisotopic (exact) mass is 243 g/mol. The lowest BCUT2D eigenvalue weighted by Crippen LogP contribution is -2.19. The molecule has 0 atom stereocenters. The van der Waals surface area contributed by atoms with Crippen LogP contribution in [0.4, 0.5) is 30.7 Å². The lowest BCUT2D eigenvalue weighted by Gasteiger charge is -2.14. The van der Waals surface area contributed by atoms with E-state index in [0.717, 1.165) is 6.08 Å². The van der Waals surface area contributed by atoms with Crippen LogP contribution in [0.3, 0.4) is 0 Å². The highest BCUT2D eigenvalue weighted by atomic mass is 19.3. The van der Waals surface area contributed by atoms with Gasteiger partial charge in [-0.3, -0.25) is 0 Å². The van der Waals surface area contributed by atoms with Crippen molar-refractivity contribution in [3.05, 3.63) is 47.3 Å². The first-order chi connectivity index (χ1) is 7.24. The Kier molecular flexibility index (Phi) is 2.98. The number of halogens is 7. The largest absolute Gasteiger partial charge is 0.304 e. The number of rotatable bonds is 2. The van der Waals surface area contributed by atoms with Gasteiger partial charge in [0, 0.05) is 6.08 Å². The molecule has 1 radical (unpaired) electrons. The molecule has 0 aliphatic heterocycles. The van der Waals surface area contributed by atoms with Gasteiger partial charge in [0.2, 0.25) is 5.82 Å². The average molecular weight is 243 g/mol. The quantitative estimate of drug-likeness (QED) is 0.424. The topological polar surface area (TPSA) is 0 Å². The lowest BCUT2D eigenvalue weighted by molar-refractivity contribution is 0.0332. The van der Waals surface area contributed by atoms with Crippen LogP contribution >= 0.6 is 0 Å². The molecule has 0 fully saturated rings. The van der Waals surface area contributed by atoms with Crippen molar-refractivity contribution in [3.63, 3.8) is 0 Å². The zero-order valence-electron chi connectivity index (χ0n) is 7.35. The van der Waals surface area contributed by atoms with Crippen molar-refractivity contribution in [1.82, 2.24) is 0 Å². The molecule has 0 saturated heterocycles. The molecular weight excluding hydrogens is 241 g/mol. The number of benzene rings is 1. The molecule has 7 heteroatoms. The zero-order chi connectivity index (χ0) is 12.7. The summed E-state index contributed by atoms with van der Waals surface area (Å²) < 4.78 is 88.7. The fraction of sp³-hybridized carbons (Fsp3) is 0.111. The predicted octanol–water partition coefficient (Wildman–Crippen LogP) is 3.46. The summed E-state index contributed by atoms with van der Waals surface area (Å²) in [5.41, 5.74) is -2.26. The maximum absolute atomic E-state index is 12.8. The van der Waals surface area contributed by atoms with Crippen LogP contribution in [0.5, 0.6) is 0 Å². The van der Waals surface area contributed by atoms with Gasteiger partial charge in [-0.05, 0) is 0 Å². The van der Waals surface area contributed by atoms with E-state index >= 15 is 0 Å². The van der Waals surface area contributed by atoms with Crippen molar-refractivity contribution in [1.29, 1.82) is 0 Å². The molecule has 0 saturated carbocycles. The van der Waals surface area contributed by atoms with Gasteiger partial charge in [0.1, 0.15) is 5.56 Å². The average Bonchev–Trinajstić information content (AvgIpc) is 2.23. The van der Waals surface area contributed by atoms with Crippen molar-refractivity contribution in [2.75, 3.05) is 0 Å². The fourth-order valence-corrected chi connectivity index (χ4v) is 0.969. The Hall–Kier alpha value is -1.53. The molecule has 0 amide bonds. The first kappa shape index (κ1) is 12.5. The van der Waals surface area contributed by atoms with Gasteiger partial charge in [0.05, 0.1) is 0 Å². The highest BCUT2D eigenvalue weighted by Gasteiger charge is 2.40. The van der Waals surface area contributed by atoms with Crippen LogP contribution in [0.15, 0.2) is 6.58 Å². The molecule has 0 N–H and O–H groups in total. The van der Waals surface area contributed by atoms with Crippen LogP contribution in [-0.4, -0.2) is 0 Å². The van der Waals surface area contributed by atoms with E-state index < -0.39 is 40.6 Å². The second kappa shape index (κ2) is 3.80. The van der Waals surface area contributed by atoms with Crippen molar-refractivity contribution < 1.29 is 30.7 Å². The summed E-state index contributed by atoms with van der Waals surface area (Å²) >= 11 is 0. The normalized spacial score (nSPS) is 11.7. The molecule has 0 aromatic heterocycles. The molecule has 0 aliphatic rings. The Morgan fingerprint density at radius 2 is 1.06 bits per heavy atom. The minimum absolute atomic E-state index is 0.894. The van der Waals surface area contributed by atoms with Gasteiger partial charge in [-0.25, -0.2) is 22.0 Å². The van der Waals surface area contributed by atoms with E-state index in [1.54, 1.807) is 0 Å². The van der Waals surface area contributed by atoms with E-state index in [9.17, 15) is 30.7 Å². The van der Waals surface area contributed by atoms with Crippen molar-refractivity contribution in [3.8, 4) is 0 Å². The third-order valence-corrected chi connectivity index (χ3v) is 1.75. The third kappa shape index (κ3) is 1.66. The van der Waals surface area contributed by atoms with Crippen molar-refractivity contribution >= 4 is 0 Å². The summed E-state index contributed by atoms with van der Waals surface area (Å²) in [6.07, 6.45) is 0.894. The molecular formula is C9H2F7. The highest BCUT2D eigenvalue weighted by molar-refractivity contribution is 5.29. The molecule has 0 heterocycles. The van der Waals surface area contributed by atoms with Gasteiger partial charge in [-0.1, -0.05) is 6.58 Å². The second-order valence-corrected chi connectivity index (χ2v) is 2.70. The van der Waals surface area contributed by atoms with Gasteiger partial charge in [0.25, 0.3) is 0 Å². The van der Waals surface area contributed by atoms with Gasteiger partial charge in [-0.2, -0.15) is 8.78 Å². The van der Waals surface area contributed by atoms with Gasteiger partial charge < -0.3 is 0 Å². The van der Waals surface area contributed by atoms with Crippen LogP contribution in [-0.2, 0) is 5.92 Å². The lowest BCUT2D eigenvalue weighted by atomic mass is 10.1. The molecule has 87 valence electrons.